The molecular formula is C16H23FN2O2. The van der Waals surface area contributed by atoms with Crippen molar-refractivity contribution in [3.63, 3.8) is 0 Å². The minimum Gasteiger partial charge on any atom is -0.494 e. The van der Waals surface area contributed by atoms with Crippen LogP contribution >= 0.6 is 0 Å². The van der Waals surface area contributed by atoms with Gasteiger partial charge in [-0.25, -0.2) is 4.39 Å². The number of piperidine rings is 1. The lowest BCUT2D eigenvalue weighted by Crippen LogP contribution is -2.42. The van der Waals surface area contributed by atoms with Crippen molar-refractivity contribution in [2.24, 2.45) is 5.92 Å². The molecule has 1 heterocycles. The van der Waals surface area contributed by atoms with Crippen LogP contribution in [0.15, 0.2) is 18.2 Å². The summed E-state index contributed by atoms with van der Waals surface area (Å²) in [7, 11) is 1.44. The Labute approximate surface area is 125 Å². The van der Waals surface area contributed by atoms with E-state index in [2.05, 4.69) is 5.32 Å². The first-order chi connectivity index (χ1) is 10.2. The maximum absolute atomic E-state index is 13.7. The van der Waals surface area contributed by atoms with Gasteiger partial charge >= 0.3 is 0 Å². The van der Waals surface area contributed by atoms with E-state index in [9.17, 15) is 9.18 Å². The minimum atomic E-state index is -0.391. The molecule has 0 saturated carbocycles. The summed E-state index contributed by atoms with van der Waals surface area (Å²) in [5, 5.41) is 3.26. The molecule has 0 aromatic heterocycles. The van der Waals surface area contributed by atoms with Gasteiger partial charge in [-0.05, 0) is 44.0 Å². The zero-order chi connectivity index (χ0) is 15.2. The summed E-state index contributed by atoms with van der Waals surface area (Å²) in [5.74, 6) is 0.0326. The molecule has 1 aliphatic heterocycles. The molecule has 0 unspecified atom stereocenters. The number of nitrogens with one attached hydrogen (secondary N) is 1. The summed E-state index contributed by atoms with van der Waals surface area (Å²) in [5.41, 5.74) is 0.785. The van der Waals surface area contributed by atoms with Crippen LogP contribution in [0.3, 0.4) is 0 Å². The number of rotatable bonds is 5. The molecule has 1 saturated heterocycles. The van der Waals surface area contributed by atoms with E-state index in [0.717, 1.165) is 31.5 Å². The summed E-state index contributed by atoms with van der Waals surface area (Å²) in [6.07, 6.45) is 1.96. The Kier molecular flexibility index (Phi) is 5.56. The normalized spacial score (nSPS) is 18.3. The Morgan fingerprint density at radius 1 is 1.52 bits per heavy atom. The van der Waals surface area contributed by atoms with Crippen LogP contribution in [0.2, 0.25) is 0 Å². The van der Waals surface area contributed by atoms with Crippen LogP contribution < -0.4 is 10.1 Å². The van der Waals surface area contributed by atoms with Gasteiger partial charge in [0.15, 0.2) is 11.6 Å². The van der Waals surface area contributed by atoms with Gasteiger partial charge in [-0.1, -0.05) is 6.07 Å². The molecule has 1 atom stereocenters. The quantitative estimate of drug-likeness (QED) is 0.905. The predicted octanol–water partition coefficient (Wildman–Crippen LogP) is 2.18. The summed E-state index contributed by atoms with van der Waals surface area (Å²) in [6, 6.07) is 4.84. The average Bonchev–Trinajstić information content (AvgIpc) is 2.53. The van der Waals surface area contributed by atoms with E-state index in [-0.39, 0.29) is 17.6 Å². The van der Waals surface area contributed by atoms with Crippen molar-refractivity contribution >= 4 is 5.91 Å². The molecule has 0 radical (unpaired) electrons. The molecule has 1 aromatic carbocycles. The van der Waals surface area contributed by atoms with Gasteiger partial charge in [-0.2, -0.15) is 0 Å². The summed E-state index contributed by atoms with van der Waals surface area (Å²) >= 11 is 0. The van der Waals surface area contributed by atoms with Crippen LogP contribution in [-0.2, 0) is 11.3 Å². The maximum atomic E-state index is 13.7. The van der Waals surface area contributed by atoms with Gasteiger partial charge in [0, 0.05) is 19.6 Å². The zero-order valence-electron chi connectivity index (χ0n) is 12.7. The number of hydrogen-bond acceptors (Lipinski definition) is 3. The molecule has 0 bridgehead atoms. The first kappa shape index (κ1) is 15.8. The van der Waals surface area contributed by atoms with Crippen molar-refractivity contribution in [1.29, 1.82) is 0 Å². The van der Waals surface area contributed by atoms with Gasteiger partial charge in [0.1, 0.15) is 0 Å². The number of amides is 1. The second kappa shape index (κ2) is 7.41. The second-order valence-electron chi connectivity index (χ2n) is 5.36. The zero-order valence-corrected chi connectivity index (χ0v) is 12.7. The van der Waals surface area contributed by atoms with Gasteiger partial charge in [-0.3, -0.25) is 4.79 Å². The Morgan fingerprint density at radius 2 is 2.33 bits per heavy atom. The topological polar surface area (TPSA) is 41.6 Å². The molecule has 4 nitrogen and oxygen atoms in total. The molecule has 1 N–H and O–H groups in total. The number of methoxy groups -OCH3 is 1. The fourth-order valence-corrected chi connectivity index (χ4v) is 2.69. The third-order valence-corrected chi connectivity index (χ3v) is 3.93. The van der Waals surface area contributed by atoms with Crippen molar-refractivity contribution in [3.8, 4) is 5.75 Å². The summed E-state index contributed by atoms with van der Waals surface area (Å²) < 4.78 is 18.6. The molecule has 5 heteroatoms. The van der Waals surface area contributed by atoms with Crippen molar-refractivity contribution in [1.82, 2.24) is 10.2 Å². The Bertz CT molecular complexity index is 487. The number of benzene rings is 1. The van der Waals surface area contributed by atoms with E-state index in [4.69, 9.17) is 4.74 Å². The first-order valence-electron chi connectivity index (χ1n) is 7.47. The van der Waals surface area contributed by atoms with Crippen LogP contribution in [0.1, 0.15) is 25.3 Å². The summed E-state index contributed by atoms with van der Waals surface area (Å²) in [6.45, 7) is 4.75. The van der Waals surface area contributed by atoms with Crippen LogP contribution in [0, 0.1) is 11.7 Å². The van der Waals surface area contributed by atoms with E-state index in [1.54, 1.807) is 17.0 Å². The Morgan fingerprint density at radius 3 is 2.90 bits per heavy atom. The van der Waals surface area contributed by atoms with Crippen molar-refractivity contribution in [2.75, 3.05) is 26.7 Å². The van der Waals surface area contributed by atoms with Gasteiger partial charge in [0.05, 0.1) is 13.0 Å². The third-order valence-electron chi connectivity index (χ3n) is 3.93. The van der Waals surface area contributed by atoms with Gasteiger partial charge in [-0.15, -0.1) is 0 Å². The smallest absolute Gasteiger partial charge is 0.227 e. The molecule has 2 rings (SSSR count). The van der Waals surface area contributed by atoms with Crippen LogP contribution in [0.25, 0.3) is 0 Å². The lowest BCUT2D eigenvalue weighted by Gasteiger charge is -2.29. The fraction of sp³-hybridized carbons (Fsp3) is 0.562. The highest BCUT2D eigenvalue weighted by Gasteiger charge is 2.25. The van der Waals surface area contributed by atoms with E-state index >= 15 is 0 Å². The van der Waals surface area contributed by atoms with Crippen LogP contribution in [0.4, 0.5) is 4.39 Å². The number of hydrogen-bond donors (Lipinski definition) is 1. The molecule has 1 aromatic rings. The van der Waals surface area contributed by atoms with Gasteiger partial charge < -0.3 is 15.0 Å². The Balaban J connectivity index is 2.04. The molecule has 1 fully saturated rings. The number of halogens is 1. The number of nitrogens with zero attached hydrogens (tertiary/aromatic N) is 1. The van der Waals surface area contributed by atoms with Crippen molar-refractivity contribution < 1.29 is 13.9 Å². The Hall–Kier alpha value is -1.62. The van der Waals surface area contributed by atoms with Crippen molar-refractivity contribution in [2.45, 2.75) is 26.3 Å². The van der Waals surface area contributed by atoms with E-state index in [0.29, 0.717) is 13.1 Å². The van der Waals surface area contributed by atoms with Gasteiger partial charge in [0.25, 0.3) is 0 Å². The van der Waals surface area contributed by atoms with E-state index in [1.807, 2.05) is 6.92 Å². The number of carbonyl (C=O) groups is 1. The van der Waals surface area contributed by atoms with Gasteiger partial charge in [0.2, 0.25) is 5.91 Å². The third kappa shape index (κ3) is 3.94. The molecular weight excluding hydrogens is 271 g/mol. The molecule has 1 aliphatic rings. The highest BCUT2D eigenvalue weighted by Crippen LogP contribution is 2.20. The number of ether oxygens (including phenoxy) is 1. The predicted molar refractivity (Wildman–Crippen MR) is 79.6 cm³/mol. The molecule has 116 valence electrons. The lowest BCUT2D eigenvalue weighted by atomic mass is 9.98. The SMILES string of the molecule is CCN(Cc1ccc(OC)c(F)c1)C(=O)[C@H]1CCCNC1. The average molecular weight is 294 g/mol. The highest BCUT2D eigenvalue weighted by molar-refractivity contribution is 5.79. The van der Waals surface area contributed by atoms with Crippen LogP contribution in [-0.4, -0.2) is 37.6 Å². The van der Waals surface area contributed by atoms with E-state index < -0.39 is 5.82 Å². The first-order valence-corrected chi connectivity index (χ1v) is 7.47. The molecule has 0 aliphatic carbocycles. The van der Waals surface area contributed by atoms with Crippen molar-refractivity contribution in [3.05, 3.63) is 29.6 Å². The second-order valence-corrected chi connectivity index (χ2v) is 5.36. The molecule has 0 spiro atoms. The number of carbonyl (C=O) groups excluding carboxylic acids is 1. The van der Waals surface area contributed by atoms with Crippen LogP contribution in [0.5, 0.6) is 5.75 Å². The molecule has 1 amide bonds. The molecule has 21 heavy (non-hydrogen) atoms. The maximum Gasteiger partial charge on any atom is 0.227 e. The monoisotopic (exact) mass is 294 g/mol. The fourth-order valence-electron chi connectivity index (χ4n) is 2.69. The highest BCUT2D eigenvalue weighted by atomic mass is 19.1. The van der Waals surface area contributed by atoms with E-state index in [1.165, 1.54) is 13.2 Å². The lowest BCUT2D eigenvalue weighted by molar-refractivity contribution is -0.136. The standard InChI is InChI=1S/C16H23FN2O2/c1-3-19(16(20)13-5-4-8-18-10-13)11-12-6-7-15(21-2)14(17)9-12/h6-7,9,13,18H,3-5,8,10-11H2,1-2H3/t13-/m0/s1. The summed E-state index contributed by atoms with van der Waals surface area (Å²) in [4.78, 5) is 14.3. The minimum absolute atomic E-state index is 0.0433. The largest absolute Gasteiger partial charge is 0.494 e.